The number of hydrogen-bond acceptors (Lipinski definition) is 7. The Kier molecular flexibility index (Phi) is 8.61. The molecule has 1 aromatic rings. The summed E-state index contributed by atoms with van der Waals surface area (Å²) in [5, 5.41) is 0. The summed E-state index contributed by atoms with van der Waals surface area (Å²) in [6.07, 6.45) is 19.0. The summed E-state index contributed by atoms with van der Waals surface area (Å²) in [5.41, 5.74) is 9.06. The van der Waals surface area contributed by atoms with Crippen LogP contribution in [0.2, 0.25) is 0 Å². The van der Waals surface area contributed by atoms with E-state index in [0.29, 0.717) is 42.2 Å². The van der Waals surface area contributed by atoms with Gasteiger partial charge in [0.2, 0.25) is 0 Å². The first-order valence-electron chi connectivity index (χ1n) is 21.1. The molecule has 8 heterocycles. The third kappa shape index (κ3) is 4.69. The van der Waals surface area contributed by atoms with E-state index in [2.05, 4.69) is 73.9 Å². The summed E-state index contributed by atoms with van der Waals surface area (Å²) in [4.78, 5) is 35.1. The summed E-state index contributed by atoms with van der Waals surface area (Å²) in [7, 11) is 0. The number of nitrogens with two attached hydrogens (primary N) is 1. The van der Waals surface area contributed by atoms with Crippen LogP contribution < -0.4 is 5.73 Å². The molecule has 0 radical (unpaired) electrons. The second kappa shape index (κ2) is 12.9. The van der Waals surface area contributed by atoms with E-state index in [1.54, 1.807) is 0 Å². The molecule has 8 aliphatic heterocycles. The molecule has 11 aliphatic rings. The Morgan fingerprint density at radius 1 is 1.04 bits per heavy atom. The van der Waals surface area contributed by atoms with Crippen molar-refractivity contribution in [2.24, 2.45) is 52.1 Å². The van der Waals surface area contributed by atoms with Crippen molar-refractivity contribution in [1.82, 2.24) is 9.80 Å². The van der Waals surface area contributed by atoms with Gasteiger partial charge in [-0.05, 0) is 106 Å². The fraction of sp³-hybridized carbons (Fsp3) is 0.689. The molecular weight excluding hydrogens is 647 g/mol. The molecule has 0 aromatic heterocycles. The monoisotopic (exact) mass is 707 g/mol. The fourth-order valence-electron chi connectivity index (χ4n) is 13.1. The fourth-order valence-corrected chi connectivity index (χ4v) is 13.1. The van der Waals surface area contributed by atoms with Crippen LogP contribution in [0.4, 0.5) is 0 Å². The molecule has 2 N–H and O–H groups in total. The van der Waals surface area contributed by atoms with E-state index in [-0.39, 0.29) is 17.9 Å². The Bertz CT molecular complexity index is 1720. The van der Waals surface area contributed by atoms with Gasteiger partial charge in [-0.1, -0.05) is 76.5 Å². The number of ether oxygens (including phenoxy) is 2. The average Bonchev–Trinajstić information content (AvgIpc) is 3.58. The van der Waals surface area contributed by atoms with Gasteiger partial charge in [-0.3, -0.25) is 9.69 Å². The number of nitrogens with zero attached hydrogens (tertiary/aromatic N) is 2. The summed E-state index contributed by atoms with van der Waals surface area (Å²) < 4.78 is 13.8. The summed E-state index contributed by atoms with van der Waals surface area (Å²) in [6, 6.07) is 6.73. The Morgan fingerprint density at radius 2 is 1.85 bits per heavy atom. The van der Waals surface area contributed by atoms with Crippen molar-refractivity contribution in [3.8, 4) is 0 Å². The van der Waals surface area contributed by atoms with Crippen LogP contribution in [0.5, 0.6) is 0 Å². The van der Waals surface area contributed by atoms with Crippen molar-refractivity contribution in [3.63, 3.8) is 0 Å². The minimum Gasteiger partial charge on any atom is -0.449 e. The van der Waals surface area contributed by atoms with Crippen molar-refractivity contribution in [2.45, 2.75) is 116 Å². The number of carbonyl (C=O) groups excluding carboxylic acids is 2. The zero-order chi connectivity index (χ0) is 36.0. The van der Waals surface area contributed by atoms with E-state index in [1.165, 1.54) is 17.7 Å². The first kappa shape index (κ1) is 34.8. The van der Waals surface area contributed by atoms with Crippen LogP contribution in [0, 0.1) is 46.3 Å². The molecule has 12 rings (SSSR count). The number of carbonyl (C=O) groups is 2. The Balaban J connectivity index is 1.28. The molecule has 0 amide bonds. The standard InChI is InChI=1S/C45H61N3O4/c1-5-9-34-14-16-39-44-18-17-33(35-20-29(4)13-15-37(35)48-26-30-22-31(27-48)25-47(34)24-30)23-43(44,42(50)51-39)38(21-28(3)6-2)45(44)36-12-7-10-32(11-8-19-46)40(36)41(49)52-45/h7,10,12,15-16,23,28-31,34-35,38H,5-6,8-9,11,13-14,17-22,24-27,46H2,1-4H3/b39-16+/t28-,29+,30-,31+,34-,35-,38+,43+,44-,45-/m1/s1. The number of allylic oxidation sites excluding steroid dienone is 2. The van der Waals surface area contributed by atoms with Gasteiger partial charge in [-0.2, -0.15) is 0 Å². The molecule has 3 saturated heterocycles. The molecular formula is C45H61N3O4. The lowest BCUT2D eigenvalue weighted by atomic mass is 9.31. The van der Waals surface area contributed by atoms with Gasteiger partial charge in [0.1, 0.15) is 11.2 Å². The first-order chi connectivity index (χ1) is 25.2. The molecule has 11 atom stereocenters. The highest BCUT2D eigenvalue weighted by molar-refractivity contribution is 5.99. The molecule has 1 saturated carbocycles. The third-order valence-corrected chi connectivity index (χ3v) is 15.4. The second-order valence-corrected chi connectivity index (χ2v) is 18.4. The van der Waals surface area contributed by atoms with Crippen LogP contribution in [0.3, 0.4) is 0 Å². The molecule has 1 unspecified atom stereocenters. The predicted octanol–water partition coefficient (Wildman–Crippen LogP) is 7.90. The highest BCUT2D eigenvalue weighted by Crippen LogP contribution is 2.84. The molecule has 1 aromatic carbocycles. The van der Waals surface area contributed by atoms with Gasteiger partial charge in [0, 0.05) is 55.3 Å². The van der Waals surface area contributed by atoms with Gasteiger partial charge < -0.3 is 20.1 Å². The zero-order valence-corrected chi connectivity index (χ0v) is 32.1. The van der Waals surface area contributed by atoms with E-state index >= 15 is 4.79 Å². The van der Waals surface area contributed by atoms with E-state index in [9.17, 15) is 4.79 Å². The minimum absolute atomic E-state index is 0.116. The van der Waals surface area contributed by atoms with Crippen molar-refractivity contribution < 1.29 is 19.1 Å². The van der Waals surface area contributed by atoms with E-state index in [0.717, 1.165) is 119 Å². The van der Waals surface area contributed by atoms with Gasteiger partial charge in [-0.15, -0.1) is 0 Å². The minimum atomic E-state index is -0.949. The number of benzene rings is 1. The lowest BCUT2D eigenvalue weighted by Gasteiger charge is -2.69. The summed E-state index contributed by atoms with van der Waals surface area (Å²) in [5.74, 6) is 2.86. The quantitative estimate of drug-likeness (QED) is 0.217. The molecule has 52 heavy (non-hydrogen) atoms. The maximum absolute atomic E-state index is 15.1. The molecule has 2 spiro atoms. The van der Waals surface area contributed by atoms with Gasteiger partial charge in [0.05, 0.1) is 11.0 Å². The highest BCUT2D eigenvalue weighted by atomic mass is 16.6. The molecule has 3 aliphatic carbocycles. The van der Waals surface area contributed by atoms with Crippen LogP contribution in [0.1, 0.15) is 120 Å². The van der Waals surface area contributed by atoms with Gasteiger partial charge in [0.25, 0.3) is 0 Å². The van der Waals surface area contributed by atoms with Crippen molar-refractivity contribution >= 4 is 11.9 Å². The summed E-state index contributed by atoms with van der Waals surface area (Å²) in [6.45, 7) is 14.4. The van der Waals surface area contributed by atoms with Crippen molar-refractivity contribution in [1.29, 1.82) is 0 Å². The molecule has 7 heteroatoms. The molecule has 7 nitrogen and oxygen atoms in total. The van der Waals surface area contributed by atoms with Crippen molar-refractivity contribution in [3.05, 3.63) is 70.1 Å². The topological polar surface area (TPSA) is 85.1 Å². The van der Waals surface area contributed by atoms with Crippen LogP contribution in [0.25, 0.3) is 0 Å². The SMILES string of the molecule is CCC[C@@H]1C/C=C2/OC(=O)[C@@]34C=C(CC[C@@]23[C@]2(OC(=O)c3c(CCCN)cccc32)[C@H]4C[C@H](C)CC)[C@H]2C[C@@H](C)CC=C2N2C[C@H]3C[C@@H](C2)CN1C3. The summed E-state index contributed by atoms with van der Waals surface area (Å²) >= 11 is 0. The third-order valence-electron chi connectivity index (χ3n) is 15.4. The Morgan fingerprint density at radius 3 is 2.60 bits per heavy atom. The lowest BCUT2D eigenvalue weighted by molar-refractivity contribution is -0.274. The smallest absolute Gasteiger partial charge is 0.339 e. The van der Waals surface area contributed by atoms with Crippen LogP contribution in [-0.4, -0.2) is 60.5 Å². The zero-order valence-electron chi connectivity index (χ0n) is 32.1. The Labute approximate surface area is 311 Å². The molecule has 4 fully saturated rings. The highest BCUT2D eigenvalue weighted by Gasteiger charge is 2.91. The number of esters is 2. The van der Waals surface area contributed by atoms with Crippen molar-refractivity contribution in [2.75, 3.05) is 32.7 Å². The van der Waals surface area contributed by atoms with E-state index in [1.807, 2.05) is 0 Å². The predicted molar refractivity (Wildman–Crippen MR) is 203 cm³/mol. The number of aryl methyl sites for hydroxylation is 1. The van der Waals surface area contributed by atoms with Gasteiger partial charge in [-0.25, -0.2) is 4.79 Å². The lowest BCUT2D eigenvalue weighted by Crippen LogP contribution is -2.75. The Hall–Kier alpha value is -2.90. The molecule has 8 bridgehead atoms. The number of rotatable bonds is 8. The molecule has 280 valence electrons. The van der Waals surface area contributed by atoms with Gasteiger partial charge >= 0.3 is 11.9 Å². The van der Waals surface area contributed by atoms with E-state index < -0.39 is 16.4 Å². The maximum Gasteiger partial charge on any atom is 0.339 e. The first-order valence-corrected chi connectivity index (χ1v) is 21.1. The second-order valence-electron chi connectivity index (χ2n) is 18.4. The normalized spacial score (nSPS) is 41.4. The maximum atomic E-state index is 15.1. The largest absolute Gasteiger partial charge is 0.449 e. The van der Waals surface area contributed by atoms with Crippen LogP contribution in [-0.2, 0) is 26.3 Å². The van der Waals surface area contributed by atoms with Crippen LogP contribution >= 0.6 is 0 Å². The number of piperidine rings is 2. The van der Waals surface area contributed by atoms with Gasteiger partial charge in [0.15, 0.2) is 5.60 Å². The number of hydrogen-bond donors (Lipinski definition) is 1. The van der Waals surface area contributed by atoms with E-state index in [4.69, 9.17) is 15.2 Å². The van der Waals surface area contributed by atoms with Crippen LogP contribution in [0.15, 0.2) is 53.5 Å². The average molecular weight is 708 g/mol. The number of fused-ring (bicyclic) bond motifs is 2.